The first-order valence-electron chi connectivity index (χ1n) is 7.09. The highest BCUT2D eigenvalue weighted by atomic mass is 35.5. The number of carbonyl (C=O) groups excluding carboxylic acids is 1. The maximum absolute atomic E-state index is 11.7. The molecule has 0 unspecified atom stereocenters. The number of rotatable bonds is 6. The van der Waals surface area contributed by atoms with Crippen LogP contribution >= 0.6 is 11.6 Å². The first-order valence-corrected chi connectivity index (χ1v) is 7.47. The topological polar surface area (TPSA) is 82.2 Å². The highest BCUT2D eigenvalue weighted by Gasteiger charge is 2.02. The number of anilines is 3. The van der Waals surface area contributed by atoms with Crippen molar-refractivity contribution in [1.82, 2.24) is 15.5 Å². The Labute approximate surface area is 140 Å². The quantitative estimate of drug-likeness (QED) is 0.707. The Kier molecular flexibility index (Phi) is 5.99. The molecular weight excluding hydrogens is 316 g/mol. The molecule has 0 radical (unpaired) electrons. The third-order valence-corrected chi connectivity index (χ3v) is 3.23. The molecule has 3 N–H and O–H groups in total. The van der Waals surface area contributed by atoms with Gasteiger partial charge < -0.3 is 20.9 Å². The Bertz CT molecular complexity index is 647. The Morgan fingerprint density at radius 2 is 1.96 bits per heavy atom. The highest BCUT2D eigenvalue weighted by Crippen LogP contribution is 2.13. The van der Waals surface area contributed by atoms with Crippen LogP contribution in [0.1, 0.15) is 0 Å². The largest absolute Gasteiger partial charge is 0.376 e. The van der Waals surface area contributed by atoms with E-state index in [2.05, 4.69) is 26.1 Å². The lowest BCUT2D eigenvalue weighted by Gasteiger charge is -2.13. The molecule has 0 fully saturated rings. The summed E-state index contributed by atoms with van der Waals surface area (Å²) in [6.45, 7) is 0.993. The van der Waals surface area contributed by atoms with Gasteiger partial charge in [-0.3, -0.25) is 0 Å². The molecule has 1 aromatic heterocycles. The standard InChI is InChI=1S/C15H19ClN6O/c1-22(2)13-9-14(21-19-10-13)17-7-8-18-15(23)20-12-5-3-11(16)4-6-12/h3-6,9-10H,7-8H2,1-2H3,(H,17,21)(H2,18,20,23). The number of amides is 2. The van der Waals surface area contributed by atoms with E-state index in [-0.39, 0.29) is 6.03 Å². The van der Waals surface area contributed by atoms with Crippen LogP contribution < -0.4 is 20.9 Å². The Morgan fingerprint density at radius 1 is 1.22 bits per heavy atom. The Hall–Kier alpha value is -2.54. The van der Waals surface area contributed by atoms with E-state index >= 15 is 0 Å². The number of urea groups is 1. The summed E-state index contributed by atoms with van der Waals surface area (Å²) in [7, 11) is 3.87. The number of hydrogen-bond acceptors (Lipinski definition) is 5. The minimum Gasteiger partial charge on any atom is -0.376 e. The van der Waals surface area contributed by atoms with E-state index in [1.807, 2.05) is 25.1 Å². The smallest absolute Gasteiger partial charge is 0.319 e. The SMILES string of the molecule is CN(C)c1cnnc(NCCNC(=O)Nc2ccc(Cl)cc2)c1. The lowest BCUT2D eigenvalue weighted by molar-refractivity contribution is 0.252. The lowest BCUT2D eigenvalue weighted by Crippen LogP contribution is -2.32. The second-order valence-electron chi connectivity index (χ2n) is 5.01. The third kappa shape index (κ3) is 5.63. The maximum Gasteiger partial charge on any atom is 0.319 e. The fourth-order valence-electron chi connectivity index (χ4n) is 1.76. The van der Waals surface area contributed by atoms with E-state index < -0.39 is 0 Å². The average Bonchev–Trinajstić information content (AvgIpc) is 2.54. The molecule has 1 heterocycles. The molecule has 0 spiro atoms. The van der Waals surface area contributed by atoms with Crippen LogP contribution in [0.15, 0.2) is 36.5 Å². The summed E-state index contributed by atoms with van der Waals surface area (Å²) >= 11 is 5.79. The van der Waals surface area contributed by atoms with Crippen LogP contribution in [0.4, 0.5) is 22.0 Å². The van der Waals surface area contributed by atoms with Crippen molar-refractivity contribution in [2.45, 2.75) is 0 Å². The summed E-state index contributed by atoms with van der Waals surface area (Å²) < 4.78 is 0. The van der Waals surface area contributed by atoms with E-state index in [0.717, 1.165) is 5.69 Å². The summed E-state index contributed by atoms with van der Waals surface area (Å²) in [5.74, 6) is 0.663. The third-order valence-electron chi connectivity index (χ3n) is 2.98. The monoisotopic (exact) mass is 334 g/mol. The van der Waals surface area contributed by atoms with Gasteiger partial charge in [-0.05, 0) is 24.3 Å². The number of nitrogens with zero attached hydrogens (tertiary/aromatic N) is 3. The van der Waals surface area contributed by atoms with Crippen molar-refractivity contribution in [2.24, 2.45) is 0 Å². The molecule has 0 atom stereocenters. The molecule has 122 valence electrons. The predicted molar refractivity (Wildman–Crippen MR) is 93.3 cm³/mol. The first-order chi connectivity index (χ1) is 11.0. The summed E-state index contributed by atoms with van der Waals surface area (Å²) in [5, 5.41) is 17.1. The molecule has 2 amide bonds. The van der Waals surface area contributed by atoms with Crippen molar-refractivity contribution >= 4 is 34.8 Å². The zero-order valence-electron chi connectivity index (χ0n) is 13.0. The number of benzene rings is 1. The van der Waals surface area contributed by atoms with E-state index in [0.29, 0.717) is 29.6 Å². The highest BCUT2D eigenvalue weighted by molar-refractivity contribution is 6.30. The first kappa shape index (κ1) is 16.8. The van der Waals surface area contributed by atoms with Crippen LogP contribution in [0.2, 0.25) is 5.02 Å². The number of halogens is 1. The minimum atomic E-state index is -0.276. The van der Waals surface area contributed by atoms with E-state index in [9.17, 15) is 4.79 Å². The van der Waals surface area contributed by atoms with Crippen LogP contribution in [0.5, 0.6) is 0 Å². The normalized spacial score (nSPS) is 10.0. The van der Waals surface area contributed by atoms with Gasteiger partial charge in [0.05, 0.1) is 11.9 Å². The summed E-state index contributed by atoms with van der Waals surface area (Å²) in [6.07, 6.45) is 1.68. The fraction of sp³-hybridized carbons (Fsp3) is 0.267. The van der Waals surface area contributed by atoms with Crippen molar-refractivity contribution in [3.8, 4) is 0 Å². The molecule has 0 saturated carbocycles. The maximum atomic E-state index is 11.7. The van der Waals surface area contributed by atoms with Gasteiger partial charge in [-0.15, -0.1) is 5.10 Å². The summed E-state index contributed by atoms with van der Waals surface area (Å²) in [6, 6.07) is 8.53. The number of carbonyl (C=O) groups is 1. The molecule has 0 aliphatic heterocycles. The van der Waals surface area contributed by atoms with Crippen LogP contribution in [0.25, 0.3) is 0 Å². The van der Waals surface area contributed by atoms with Gasteiger partial charge in [0.2, 0.25) is 0 Å². The van der Waals surface area contributed by atoms with Gasteiger partial charge in [0.1, 0.15) is 0 Å². The Morgan fingerprint density at radius 3 is 2.65 bits per heavy atom. The van der Waals surface area contributed by atoms with Crippen molar-refractivity contribution < 1.29 is 4.79 Å². The van der Waals surface area contributed by atoms with Crippen molar-refractivity contribution in [3.63, 3.8) is 0 Å². The van der Waals surface area contributed by atoms with Gasteiger partial charge in [-0.25, -0.2) is 4.79 Å². The van der Waals surface area contributed by atoms with Gasteiger partial charge >= 0.3 is 6.03 Å². The lowest BCUT2D eigenvalue weighted by atomic mass is 10.3. The zero-order valence-corrected chi connectivity index (χ0v) is 13.8. The molecule has 0 saturated heterocycles. The van der Waals surface area contributed by atoms with Crippen LogP contribution in [0, 0.1) is 0 Å². The molecule has 0 bridgehead atoms. The number of aromatic nitrogens is 2. The number of nitrogens with one attached hydrogen (secondary N) is 3. The second-order valence-corrected chi connectivity index (χ2v) is 5.44. The van der Waals surface area contributed by atoms with E-state index in [1.54, 1.807) is 30.5 Å². The van der Waals surface area contributed by atoms with E-state index in [1.165, 1.54) is 0 Å². The molecule has 1 aromatic carbocycles. The predicted octanol–water partition coefficient (Wildman–Crippen LogP) is 2.43. The zero-order chi connectivity index (χ0) is 16.7. The van der Waals surface area contributed by atoms with Crippen LogP contribution in [-0.4, -0.2) is 43.4 Å². The van der Waals surface area contributed by atoms with Crippen molar-refractivity contribution in [1.29, 1.82) is 0 Å². The molecule has 23 heavy (non-hydrogen) atoms. The molecule has 2 aromatic rings. The molecule has 0 aliphatic carbocycles. The van der Waals surface area contributed by atoms with Crippen LogP contribution in [-0.2, 0) is 0 Å². The van der Waals surface area contributed by atoms with Crippen LogP contribution in [0.3, 0.4) is 0 Å². The minimum absolute atomic E-state index is 0.276. The second kappa shape index (κ2) is 8.19. The Balaban J connectivity index is 1.71. The molecule has 2 rings (SSSR count). The molecular formula is C15H19ClN6O. The van der Waals surface area contributed by atoms with Crippen molar-refractivity contribution in [3.05, 3.63) is 41.6 Å². The molecule has 8 heteroatoms. The number of hydrogen-bond donors (Lipinski definition) is 3. The van der Waals surface area contributed by atoms with Gasteiger partial charge in [-0.2, -0.15) is 5.10 Å². The fourth-order valence-corrected chi connectivity index (χ4v) is 1.89. The average molecular weight is 335 g/mol. The van der Waals surface area contributed by atoms with Gasteiger partial charge in [0, 0.05) is 44.0 Å². The summed E-state index contributed by atoms with van der Waals surface area (Å²) in [5.41, 5.74) is 1.64. The van der Waals surface area contributed by atoms with Crippen molar-refractivity contribution in [2.75, 3.05) is 42.7 Å². The summed E-state index contributed by atoms with van der Waals surface area (Å²) in [4.78, 5) is 13.7. The van der Waals surface area contributed by atoms with Gasteiger partial charge in [-0.1, -0.05) is 11.6 Å². The molecule has 7 nitrogen and oxygen atoms in total. The van der Waals surface area contributed by atoms with Gasteiger partial charge in [0.25, 0.3) is 0 Å². The molecule has 0 aliphatic rings. The van der Waals surface area contributed by atoms with Gasteiger partial charge in [0.15, 0.2) is 5.82 Å². The van der Waals surface area contributed by atoms with E-state index in [4.69, 9.17) is 11.6 Å².